The number of aromatic amines is 1. The van der Waals surface area contributed by atoms with Crippen molar-refractivity contribution in [1.29, 1.82) is 0 Å². The molecule has 0 atom stereocenters. The molecule has 0 amide bonds. The second kappa shape index (κ2) is 4.62. The van der Waals surface area contributed by atoms with Gasteiger partial charge in [-0.1, -0.05) is 0 Å². The molecule has 74 valence electrons. The van der Waals surface area contributed by atoms with Crippen molar-refractivity contribution in [3.05, 3.63) is 22.2 Å². The molecule has 0 aliphatic heterocycles. The Balaban J connectivity index is 0.00000112. The van der Waals surface area contributed by atoms with E-state index < -0.39 is 10.1 Å². The number of H-pyrrole nitrogens is 1. The first kappa shape index (κ1) is 13.3. The van der Waals surface area contributed by atoms with Crippen LogP contribution in [0, 0.1) is 3.95 Å². The van der Waals surface area contributed by atoms with E-state index in [1.165, 1.54) is 23.5 Å². The fourth-order valence-electron chi connectivity index (χ4n) is 1.09. The van der Waals surface area contributed by atoms with Crippen molar-refractivity contribution in [3.8, 4) is 0 Å². The first-order valence-corrected chi connectivity index (χ1v) is 6.19. The summed E-state index contributed by atoms with van der Waals surface area (Å²) in [7, 11) is -4.38. The van der Waals surface area contributed by atoms with E-state index in [0.717, 1.165) is 4.70 Å². The average molecular weight is 269 g/mol. The maximum absolute atomic E-state index is 10.7. The van der Waals surface area contributed by atoms with Crippen LogP contribution >= 0.6 is 23.6 Å². The van der Waals surface area contributed by atoms with Crippen LogP contribution in [-0.4, -0.2) is 18.0 Å². The number of benzene rings is 1. The summed E-state index contributed by atoms with van der Waals surface area (Å²) in [4.78, 5) is 2.56. The Morgan fingerprint density at radius 2 is 2.07 bits per heavy atom. The largest absolute Gasteiger partial charge is 1.00 e. The SMILES string of the molecule is O=S(=O)([O-])c1ccc2sc(=S)[nH]c2c1.[Na+]. The quantitative estimate of drug-likeness (QED) is 0.404. The van der Waals surface area contributed by atoms with E-state index in [-0.39, 0.29) is 34.5 Å². The number of rotatable bonds is 1. The molecule has 8 heteroatoms. The van der Waals surface area contributed by atoms with Gasteiger partial charge in [0.05, 0.1) is 15.1 Å². The molecule has 0 unspecified atom stereocenters. The maximum Gasteiger partial charge on any atom is 1.00 e. The third-order valence-corrected chi connectivity index (χ3v) is 3.73. The molecule has 0 bridgehead atoms. The minimum Gasteiger partial charge on any atom is -0.744 e. The van der Waals surface area contributed by atoms with Gasteiger partial charge in [0, 0.05) is 0 Å². The monoisotopic (exact) mass is 269 g/mol. The number of fused-ring (bicyclic) bond motifs is 1. The van der Waals surface area contributed by atoms with Crippen LogP contribution in [0.3, 0.4) is 0 Å². The van der Waals surface area contributed by atoms with E-state index >= 15 is 0 Å². The van der Waals surface area contributed by atoms with Gasteiger partial charge in [-0.15, -0.1) is 11.3 Å². The Morgan fingerprint density at radius 1 is 1.40 bits per heavy atom. The normalized spacial score (nSPS) is 11.3. The number of aromatic nitrogens is 1. The molecule has 0 saturated heterocycles. The van der Waals surface area contributed by atoms with Crippen LogP contribution in [0.4, 0.5) is 0 Å². The zero-order chi connectivity index (χ0) is 10.3. The third kappa shape index (κ3) is 2.88. The summed E-state index contributed by atoms with van der Waals surface area (Å²) < 4.78 is 33.5. The van der Waals surface area contributed by atoms with Crippen molar-refractivity contribution in [2.45, 2.75) is 4.90 Å². The zero-order valence-corrected chi connectivity index (χ0v) is 12.1. The minimum atomic E-state index is -4.38. The van der Waals surface area contributed by atoms with Crippen LogP contribution in [0.25, 0.3) is 10.2 Å². The van der Waals surface area contributed by atoms with E-state index in [4.69, 9.17) is 12.2 Å². The molecular weight excluding hydrogens is 265 g/mol. The second-order valence-electron chi connectivity index (χ2n) is 2.63. The molecule has 1 heterocycles. The number of thiazole rings is 1. The number of hydrogen-bond acceptors (Lipinski definition) is 5. The molecule has 0 aliphatic carbocycles. The van der Waals surface area contributed by atoms with Crippen molar-refractivity contribution >= 4 is 43.9 Å². The summed E-state index contributed by atoms with van der Waals surface area (Å²) in [5, 5.41) is 0. The van der Waals surface area contributed by atoms with Gasteiger partial charge in [-0.05, 0) is 30.4 Å². The first-order valence-electron chi connectivity index (χ1n) is 3.55. The molecule has 2 rings (SSSR count). The van der Waals surface area contributed by atoms with Gasteiger partial charge in [-0.25, -0.2) is 8.42 Å². The Kier molecular flexibility index (Phi) is 4.10. The van der Waals surface area contributed by atoms with Crippen LogP contribution in [0.1, 0.15) is 0 Å². The summed E-state index contributed by atoms with van der Waals surface area (Å²) in [6.07, 6.45) is 0. The van der Waals surface area contributed by atoms with Crippen molar-refractivity contribution in [1.82, 2.24) is 4.98 Å². The smallest absolute Gasteiger partial charge is 0.744 e. The van der Waals surface area contributed by atoms with Gasteiger partial charge in [0.2, 0.25) is 0 Å². The predicted molar refractivity (Wildman–Crippen MR) is 55.0 cm³/mol. The summed E-state index contributed by atoms with van der Waals surface area (Å²) in [5.74, 6) is 0. The number of hydrogen-bond donors (Lipinski definition) is 1. The Morgan fingerprint density at radius 3 is 2.67 bits per heavy atom. The topological polar surface area (TPSA) is 73.0 Å². The molecule has 4 nitrogen and oxygen atoms in total. The van der Waals surface area contributed by atoms with Gasteiger partial charge in [0.1, 0.15) is 10.1 Å². The zero-order valence-electron chi connectivity index (χ0n) is 7.68. The van der Waals surface area contributed by atoms with Crippen LogP contribution < -0.4 is 29.6 Å². The van der Waals surface area contributed by atoms with Gasteiger partial charge in [0.15, 0.2) is 3.95 Å². The van der Waals surface area contributed by atoms with E-state index in [2.05, 4.69) is 4.98 Å². The standard InChI is InChI=1S/C7H5NO3S3.Na/c9-14(10,11)4-1-2-6-5(3-4)8-7(12)13-6;/h1-3H,(H,8,12)(H,9,10,11);/q;+1/p-1. The van der Waals surface area contributed by atoms with Gasteiger partial charge < -0.3 is 9.54 Å². The molecule has 0 saturated carbocycles. The summed E-state index contributed by atoms with van der Waals surface area (Å²) in [5.41, 5.74) is 0.580. The summed E-state index contributed by atoms with van der Waals surface area (Å²) in [6, 6.07) is 4.14. The Bertz CT molecular complexity index is 643. The van der Waals surface area contributed by atoms with Gasteiger partial charge in [0.25, 0.3) is 0 Å². The first-order chi connectivity index (χ1) is 6.47. The number of nitrogens with one attached hydrogen (secondary N) is 1. The van der Waals surface area contributed by atoms with Gasteiger partial charge in [-0.2, -0.15) is 0 Å². The van der Waals surface area contributed by atoms with Crippen LogP contribution in [0.15, 0.2) is 23.1 Å². The molecule has 0 aliphatic rings. The molecule has 0 radical (unpaired) electrons. The third-order valence-electron chi connectivity index (χ3n) is 1.68. The molecule has 0 fully saturated rings. The fourth-order valence-corrected chi connectivity index (χ4v) is 2.68. The van der Waals surface area contributed by atoms with Crippen molar-refractivity contribution < 1.29 is 42.5 Å². The molecule has 15 heavy (non-hydrogen) atoms. The fraction of sp³-hybridized carbons (Fsp3) is 0. The average Bonchev–Trinajstić information content (AvgIpc) is 2.41. The summed E-state index contributed by atoms with van der Waals surface area (Å²) in [6.45, 7) is 0. The second-order valence-corrected chi connectivity index (χ2v) is 5.73. The minimum absolute atomic E-state index is 0. The van der Waals surface area contributed by atoms with Gasteiger partial charge in [-0.3, -0.25) is 0 Å². The molecule has 1 aromatic carbocycles. The molecule has 2 aromatic rings. The van der Waals surface area contributed by atoms with Crippen molar-refractivity contribution in [3.63, 3.8) is 0 Å². The van der Waals surface area contributed by atoms with Crippen molar-refractivity contribution in [2.75, 3.05) is 0 Å². The van der Waals surface area contributed by atoms with E-state index in [9.17, 15) is 13.0 Å². The molecule has 1 N–H and O–H groups in total. The van der Waals surface area contributed by atoms with Crippen molar-refractivity contribution in [2.24, 2.45) is 0 Å². The molecule has 1 aromatic heterocycles. The van der Waals surface area contributed by atoms with Crippen LogP contribution in [0.2, 0.25) is 0 Å². The summed E-state index contributed by atoms with van der Waals surface area (Å²) >= 11 is 6.22. The Hall–Kier alpha value is 0.240. The predicted octanol–water partition coefficient (Wildman–Crippen LogP) is -1.13. The van der Waals surface area contributed by atoms with E-state index in [1.807, 2.05) is 0 Å². The van der Waals surface area contributed by atoms with Crippen LogP contribution in [-0.2, 0) is 10.1 Å². The van der Waals surface area contributed by atoms with E-state index in [0.29, 0.717) is 9.47 Å². The molecular formula is C7H4NNaO3S3. The maximum atomic E-state index is 10.7. The Labute approximate surface area is 117 Å². The molecule has 0 spiro atoms. The van der Waals surface area contributed by atoms with E-state index in [1.54, 1.807) is 6.07 Å². The van der Waals surface area contributed by atoms with Crippen LogP contribution in [0.5, 0.6) is 0 Å². The van der Waals surface area contributed by atoms with Gasteiger partial charge >= 0.3 is 29.6 Å².